The number of aliphatic hydroxyl groups is 1. The summed E-state index contributed by atoms with van der Waals surface area (Å²) in [5, 5.41) is 12.3. The van der Waals surface area contributed by atoms with Gasteiger partial charge in [-0.1, -0.05) is 12.1 Å². The quantitative estimate of drug-likeness (QED) is 0.708. The van der Waals surface area contributed by atoms with Crippen molar-refractivity contribution in [2.75, 3.05) is 39.4 Å². The van der Waals surface area contributed by atoms with Gasteiger partial charge < -0.3 is 20.1 Å². The number of hydrogen-bond donors (Lipinski definition) is 2. The lowest BCUT2D eigenvalue weighted by molar-refractivity contribution is -0.132. The summed E-state index contributed by atoms with van der Waals surface area (Å²) in [6.07, 6.45) is 5.90. The second-order valence-electron chi connectivity index (χ2n) is 9.71. The van der Waals surface area contributed by atoms with Gasteiger partial charge in [-0.3, -0.25) is 14.5 Å². The third-order valence-electron chi connectivity index (χ3n) is 6.83. The SMILES string of the molecule is CC(C)N1CC(=O)NCCCCCOc2ccc(CCC(=O)N3CCC(CO)CC3)cc2C1. The summed E-state index contributed by atoms with van der Waals surface area (Å²) >= 11 is 0. The lowest BCUT2D eigenvalue weighted by atomic mass is 9.97. The van der Waals surface area contributed by atoms with Gasteiger partial charge in [-0.05, 0) is 69.9 Å². The van der Waals surface area contributed by atoms with Gasteiger partial charge in [0.2, 0.25) is 11.8 Å². The predicted molar refractivity (Wildman–Crippen MR) is 129 cm³/mol. The molecule has 2 aliphatic heterocycles. The molecule has 1 aromatic carbocycles. The van der Waals surface area contributed by atoms with E-state index in [0.29, 0.717) is 45.0 Å². The van der Waals surface area contributed by atoms with Crippen LogP contribution in [0.3, 0.4) is 0 Å². The van der Waals surface area contributed by atoms with Crippen LogP contribution in [0.2, 0.25) is 0 Å². The summed E-state index contributed by atoms with van der Waals surface area (Å²) < 4.78 is 6.12. The molecular weight excluding hydrogens is 418 g/mol. The second kappa shape index (κ2) is 12.9. The van der Waals surface area contributed by atoms with Crippen molar-refractivity contribution in [3.8, 4) is 5.75 Å². The van der Waals surface area contributed by atoms with Crippen molar-refractivity contribution in [3.05, 3.63) is 29.3 Å². The van der Waals surface area contributed by atoms with E-state index in [2.05, 4.69) is 36.2 Å². The van der Waals surface area contributed by atoms with Gasteiger partial charge >= 0.3 is 0 Å². The highest BCUT2D eigenvalue weighted by molar-refractivity contribution is 5.78. The molecule has 0 aromatic heterocycles. The molecule has 2 heterocycles. The Morgan fingerprint density at radius 2 is 1.97 bits per heavy atom. The molecule has 2 amide bonds. The molecule has 0 radical (unpaired) electrons. The second-order valence-corrected chi connectivity index (χ2v) is 9.71. The van der Waals surface area contributed by atoms with Crippen LogP contribution in [0, 0.1) is 5.92 Å². The summed E-state index contributed by atoms with van der Waals surface area (Å²) in [5.41, 5.74) is 2.19. The summed E-state index contributed by atoms with van der Waals surface area (Å²) in [6.45, 7) is 8.30. The highest BCUT2D eigenvalue weighted by Crippen LogP contribution is 2.25. The van der Waals surface area contributed by atoms with E-state index in [9.17, 15) is 14.7 Å². The molecule has 33 heavy (non-hydrogen) atoms. The number of piperidine rings is 1. The first-order chi connectivity index (χ1) is 16.0. The number of hydrogen-bond acceptors (Lipinski definition) is 5. The monoisotopic (exact) mass is 459 g/mol. The summed E-state index contributed by atoms with van der Waals surface area (Å²) in [6, 6.07) is 6.46. The van der Waals surface area contributed by atoms with Crippen molar-refractivity contribution >= 4 is 11.8 Å². The van der Waals surface area contributed by atoms with Gasteiger partial charge in [-0.2, -0.15) is 0 Å². The molecule has 0 spiro atoms. The average Bonchev–Trinajstić information content (AvgIpc) is 2.83. The third kappa shape index (κ3) is 8.00. The highest BCUT2D eigenvalue weighted by atomic mass is 16.5. The van der Waals surface area contributed by atoms with Gasteiger partial charge in [0.1, 0.15) is 5.75 Å². The van der Waals surface area contributed by atoms with Gasteiger partial charge in [-0.15, -0.1) is 0 Å². The smallest absolute Gasteiger partial charge is 0.234 e. The fraction of sp³-hybridized carbons (Fsp3) is 0.692. The first-order valence-electron chi connectivity index (χ1n) is 12.6. The number of aliphatic hydroxyl groups excluding tert-OH is 1. The molecule has 0 saturated carbocycles. The van der Waals surface area contributed by atoms with Crippen LogP contribution in [-0.4, -0.2) is 72.2 Å². The van der Waals surface area contributed by atoms with E-state index in [1.165, 1.54) is 0 Å². The molecule has 0 atom stereocenters. The van der Waals surface area contributed by atoms with E-state index in [1.807, 2.05) is 11.0 Å². The van der Waals surface area contributed by atoms with Gasteiger partial charge in [0, 0.05) is 50.8 Å². The molecular formula is C26H41N3O4. The number of likely N-dealkylation sites (tertiary alicyclic amines) is 1. The molecule has 184 valence electrons. The Morgan fingerprint density at radius 3 is 2.70 bits per heavy atom. The minimum Gasteiger partial charge on any atom is -0.493 e. The zero-order chi connectivity index (χ0) is 23.6. The van der Waals surface area contributed by atoms with Crippen LogP contribution in [0.5, 0.6) is 5.75 Å². The molecule has 1 saturated heterocycles. The summed E-state index contributed by atoms with van der Waals surface area (Å²) in [4.78, 5) is 29.2. The zero-order valence-electron chi connectivity index (χ0n) is 20.4. The molecule has 2 N–H and O–H groups in total. The fourth-order valence-corrected chi connectivity index (χ4v) is 4.52. The average molecular weight is 460 g/mol. The fourth-order valence-electron chi connectivity index (χ4n) is 4.52. The minimum absolute atomic E-state index is 0.0668. The Hall–Kier alpha value is -2.12. The normalized spacial score (nSPS) is 19.6. The van der Waals surface area contributed by atoms with Crippen LogP contribution in [-0.2, 0) is 22.6 Å². The Balaban J connectivity index is 1.67. The number of fused-ring (bicyclic) bond motifs is 1. The van der Waals surface area contributed by atoms with E-state index in [1.54, 1.807) is 0 Å². The largest absolute Gasteiger partial charge is 0.493 e. The topological polar surface area (TPSA) is 82.1 Å². The number of carbonyl (C=O) groups excluding carboxylic acids is 2. The number of ether oxygens (including phenoxy) is 1. The van der Waals surface area contributed by atoms with E-state index in [-0.39, 0.29) is 24.5 Å². The van der Waals surface area contributed by atoms with Crippen molar-refractivity contribution in [2.24, 2.45) is 5.92 Å². The number of rotatable bonds is 5. The number of nitrogens with zero attached hydrogens (tertiary/aromatic N) is 2. The van der Waals surface area contributed by atoms with Crippen LogP contribution in [0.15, 0.2) is 18.2 Å². The Labute approximate surface area is 198 Å². The van der Waals surface area contributed by atoms with Gasteiger partial charge in [0.05, 0.1) is 13.2 Å². The van der Waals surface area contributed by atoms with Crippen molar-refractivity contribution in [2.45, 2.75) is 71.4 Å². The van der Waals surface area contributed by atoms with Gasteiger partial charge in [-0.25, -0.2) is 0 Å². The van der Waals surface area contributed by atoms with Crippen molar-refractivity contribution < 1.29 is 19.4 Å². The van der Waals surface area contributed by atoms with Crippen LogP contribution < -0.4 is 10.1 Å². The molecule has 0 bridgehead atoms. The molecule has 2 aliphatic rings. The van der Waals surface area contributed by atoms with E-state index in [4.69, 9.17) is 4.74 Å². The molecule has 0 aliphatic carbocycles. The van der Waals surface area contributed by atoms with Crippen molar-refractivity contribution in [1.82, 2.24) is 15.1 Å². The summed E-state index contributed by atoms with van der Waals surface area (Å²) in [7, 11) is 0. The number of benzene rings is 1. The molecule has 7 nitrogen and oxygen atoms in total. The Morgan fingerprint density at radius 1 is 1.18 bits per heavy atom. The number of aryl methyl sites for hydroxylation is 1. The van der Waals surface area contributed by atoms with Crippen molar-refractivity contribution in [1.29, 1.82) is 0 Å². The lowest BCUT2D eigenvalue weighted by Gasteiger charge is -2.31. The first kappa shape index (κ1) is 25.5. The number of amides is 2. The molecule has 1 aromatic rings. The van der Waals surface area contributed by atoms with Crippen LogP contribution >= 0.6 is 0 Å². The lowest BCUT2D eigenvalue weighted by Crippen LogP contribution is -2.40. The van der Waals surface area contributed by atoms with Crippen LogP contribution in [0.25, 0.3) is 0 Å². The third-order valence-corrected chi connectivity index (χ3v) is 6.83. The minimum atomic E-state index is 0.0668. The van der Waals surface area contributed by atoms with Gasteiger partial charge in [0.15, 0.2) is 0 Å². The first-order valence-corrected chi connectivity index (χ1v) is 12.6. The number of nitrogens with one attached hydrogen (secondary N) is 1. The van der Waals surface area contributed by atoms with Crippen molar-refractivity contribution in [3.63, 3.8) is 0 Å². The maximum Gasteiger partial charge on any atom is 0.234 e. The predicted octanol–water partition coefficient (Wildman–Crippen LogP) is 2.74. The Bertz CT molecular complexity index is 775. The van der Waals surface area contributed by atoms with E-state index >= 15 is 0 Å². The Kier molecular flexibility index (Phi) is 10.0. The molecule has 0 unspecified atom stereocenters. The van der Waals surface area contributed by atoms with E-state index in [0.717, 1.165) is 62.1 Å². The number of carbonyl (C=O) groups is 2. The van der Waals surface area contributed by atoms with Gasteiger partial charge in [0.25, 0.3) is 0 Å². The zero-order valence-corrected chi connectivity index (χ0v) is 20.4. The highest BCUT2D eigenvalue weighted by Gasteiger charge is 2.22. The van der Waals surface area contributed by atoms with Crippen LogP contribution in [0.4, 0.5) is 0 Å². The summed E-state index contributed by atoms with van der Waals surface area (Å²) in [5.74, 6) is 1.46. The standard InChI is InChI=1S/C26H41N3O4/c1-20(2)29-17-23-16-21(7-9-26(32)28-13-10-22(19-30)11-14-28)6-8-24(23)33-15-5-3-4-12-27-25(31)18-29/h6,8,16,20,22,30H,3-5,7,9-15,17-19H2,1-2H3,(H,27,31). The van der Waals surface area contributed by atoms with E-state index < -0.39 is 0 Å². The molecule has 1 fully saturated rings. The molecule has 3 rings (SSSR count). The molecule has 7 heteroatoms. The van der Waals surface area contributed by atoms with Crippen LogP contribution in [0.1, 0.15) is 63.5 Å². The maximum absolute atomic E-state index is 12.7. The maximum atomic E-state index is 12.7.